The molecule has 0 amide bonds. The summed E-state index contributed by atoms with van der Waals surface area (Å²) in [5.74, 6) is 1.96. The fourth-order valence-electron chi connectivity index (χ4n) is 3.28. The van der Waals surface area contributed by atoms with Gasteiger partial charge in [-0.15, -0.1) is 0 Å². The molecular weight excluding hydrogens is 326 g/mol. The van der Waals surface area contributed by atoms with Gasteiger partial charge < -0.3 is 14.6 Å². The molecule has 4 heteroatoms. The molecule has 0 aliphatic carbocycles. The second-order valence-electron chi connectivity index (χ2n) is 6.48. The van der Waals surface area contributed by atoms with Crippen LogP contribution in [-0.2, 0) is 6.42 Å². The summed E-state index contributed by atoms with van der Waals surface area (Å²) in [5.41, 5.74) is 3.52. The summed E-state index contributed by atoms with van der Waals surface area (Å²) in [6.45, 7) is 4.66. The highest BCUT2D eigenvalue weighted by Crippen LogP contribution is 2.36. The Morgan fingerprint density at radius 3 is 2.96 bits per heavy atom. The van der Waals surface area contributed by atoms with Crippen molar-refractivity contribution in [2.75, 3.05) is 6.61 Å². The van der Waals surface area contributed by atoms with Gasteiger partial charge in [0.1, 0.15) is 28.9 Å². The molecule has 0 radical (unpaired) electrons. The third-order valence-electron chi connectivity index (χ3n) is 4.48. The second kappa shape index (κ2) is 6.71. The summed E-state index contributed by atoms with van der Waals surface area (Å²) in [6, 6.07) is 13.4. The van der Waals surface area contributed by atoms with Gasteiger partial charge in [0.25, 0.3) is 0 Å². The molecule has 1 aromatic heterocycles. The number of hydrogen-bond acceptors (Lipinski definition) is 4. The zero-order valence-electron chi connectivity index (χ0n) is 14.9. The Morgan fingerprint density at radius 1 is 1.23 bits per heavy atom. The van der Waals surface area contributed by atoms with Gasteiger partial charge in [-0.2, -0.15) is 0 Å². The van der Waals surface area contributed by atoms with E-state index in [0.717, 1.165) is 34.6 Å². The first-order valence-corrected chi connectivity index (χ1v) is 8.87. The maximum atomic E-state index is 10.0. The van der Waals surface area contributed by atoms with Crippen LogP contribution in [0, 0.1) is 0 Å². The molecule has 0 saturated heterocycles. The number of hydrogen-bond donors (Lipinski definition) is 1. The smallest absolute Gasteiger partial charge is 0.141 e. The summed E-state index contributed by atoms with van der Waals surface area (Å²) in [7, 11) is 0. The summed E-state index contributed by atoms with van der Waals surface area (Å²) < 4.78 is 11.7. The summed E-state index contributed by atoms with van der Waals surface area (Å²) in [5, 5.41) is 10.9. The first kappa shape index (κ1) is 16.5. The molecule has 0 saturated carbocycles. The number of phenolic OH excluding ortho intramolecular Hbond substituents is 1. The summed E-state index contributed by atoms with van der Waals surface area (Å²) >= 11 is 0. The van der Waals surface area contributed by atoms with Gasteiger partial charge >= 0.3 is 0 Å². The molecule has 2 heterocycles. The van der Waals surface area contributed by atoms with Crippen molar-refractivity contribution < 1.29 is 14.6 Å². The third kappa shape index (κ3) is 3.10. The Bertz CT molecular complexity index is 994. The molecule has 26 heavy (non-hydrogen) atoms. The minimum atomic E-state index is 0.188. The number of aromatic nitrogens is 1. The van der Waals surface area contributed by atoms with Gasteiger partial charge in [0, 0.05) is 22.9 Å². The molecule has 1 atom stereocenters. The van der Waals surface area contributed by atoms with E-state index >= 15 is 0 Å². The van der Waals surface area contributed by atoms with Gasteiger partial charge in [-0.25, -0.2) is 4.98 Å². The SMILES string of the molecule is CCOc1cc2c(cc1/C=C/c1ccc3cccc(O)c3n1)OC(C)C2. The highest BCUT2D eigenvalue weighted by molar-refractivity contribution is 5.86. The number of para-hydroxylation sites is 1. The van der Waals surface area contributed by atoms with E-state index in [9.17, 15) is 5.11 Å². The van der Waals surface area contributed by atoms with Gasteiger partial charge in [0.2, 0.25) is 0 Å². The first-order valence-electron chi connectivity index (χ1n) is 8.87. The van der Waals surface area contributed by atoms with Crippen molar-refractivity contribution in [1.29, 1.82) is 0 Å². The number of benzene rings is 2. The molecule has 1 unspecified atom stereocenters. The van der Waals surface area contributed by atoms with E-state index in [0.29, 0.717) is 12.1 Å². The maximum absolute atomic E-state index is 10.0. The van der Waals surface area contributed by atoms with E-state index in [1.807, 2.05) is 49.4 Å². The Labute approximate surface area is 152 Å². The summed E-state index contributed by atoms with van der Waals surface area (Å²) in [4.78, 5) is 4.54. The standard InChI is InChI=1S/C22H21NO3/c1-3-25-20-13-17-11-14(2)26-21(17)12-16(20)8-10-18-9-7-15-5-4-6-19(24)22(15)23-18/h4-10,12-14,24H,3,11H2,1-2H3/b10-8+. The molecule has 4 nitrogen and oxygen atoms in total. The zero-order valence-corrected chi connectivity index (χ0v) is 14.9. The van der Waals surface area contributed by atoms with Crippen LogP contribution in [0.4, 0.5) is 0 Å². The molecule has 0 spiro atoms. The monoisotopic (exact) mass is 347 g/mol. The van der Waals surface area contributed by atoms with Gasteiger partial charge in [0.05, 0.1) is 12.3 Å². The quantitative estimate of drug-likeness (QED) is 0.734. The van der Waals surface area contributed by atoms with Crippen LogP contribution in [0.2, 0.25) is 0 Å². The van der Waals surface area contributed by atoms with Gasteiger partial charge in [0.15, 0.2) is 0 Å². The average Bonchev–Trinajstić information content (AvgIpc) is 2.99. The van der Waals surface area contributed by atoms with Crippen molar-refractivity contribution in [1.82, 2.24) is 4.98 Å². The predicted molar refractivity (Wildman–Crippen MR) is 104 cm³/mol. The molecular formula is C22H21NO3. The fraction of sp³-hybridized carbons (Fsp3) is 0.227. The third-order valence-corrected chi connectivity index (χ3v) is 4.48. The normalized spacial score (nSPS) is 16.0. The highest BCUT2D eigenvalue weighted by Gasteiger charge is 2.21. The van der Waals surface area contributed by atoms with Crippen molar-refractivity contribution in [2.24, 2.45) is 0 Å². The molecule has 3 aromatic rings. The molecule has 132 valence electrons. The number of nitrogens with zero attached hydrogens (tertiary/aromatic N) is 1. The lowest BCUT2D eigenvalue weighted by Gasteiger charge is -2.10. The zero-order chi connectivity index (χ0) is 18.1. The van der Waals surface area contributed by atoms with Crippen molar-refractivity contribution in [3.63, 3.8) is 0 Å². The van der Waals surface area contributed by atoms with Crippen LogP contribution in [0.1, 0.15) is 30.7 Å². The lowest BCUT2D eigenvalue weighted by atomic mass is 10.1. The number of phenols is 1. The number of ether oxygens (including phenoxy) is 2. The Kier molecular flexibility index (Phi) is 4.25. The van der Waals surface area contributed by atoms with Crippen LogP contribution in [0.25, 0.3) is 23.1 Å². The molecule has 0 bridgehead atoms. The van der Waals surface area contributed by atoms with E-state index in [1.165, 1.54) is 5.56 Å². The minimum absolute atomic E-state index is 0.188. The minimum Gasteiger partial charge on any atom is -0.506 e. The van der Waals surface area contributed by atoms with E-state index in [4.69, 9.17) is 9.47 Å². The number of fused-ring (bicyclic) bond motifs is 2. The molecule has 0 fully saturated rings. The van der Waals surface area contributed by atoms with E-state index in [1.54, 1.807) is 6.07 Å². The van der Waals surface area contributed by atoms with Crippen molar-refractivity contribution in [2.45, 2.75) is 26.4 Å². The largest absolute Gasteiger partial charge is 0.506 e. The predicted octanol–water partition coefficient (Wildman–Crippen LogP) is 4.83. The van der Waals surface area contributed by atoms with Crippen LogP contribution < -0.4 is 9.47 Å². The lowest BCUT2D eigenvalue weighted by Crippen LogP contribution is -2.05. The van der Waals surface area contributed by atoms with Gasteiger partial charge in [-0.05, 0) is 50.3 Å². The molecule has 4 rings (SSSR count). The molecule has 1 N–H and O–H groups in total. The number of rotatable bonds is 4. The maximum Gasteiger partial charge on any atom is 0.141 e. The van der Waals surface area contributed by atoms with Crippen LogP contribution in [0.15, 0.2) is 42.5 Å². The fourth-order valence-corrected chi connectivity index (χ4v) is 3.28. The van der Waals surface area contributed by atoms with Crippen LogP contribution in [-0.4, -0.2) is 22.8 Å². The van der Waals surface area contributed by atoms with Crippen molar-refractivity contribution >= 4 is 23.1 Å². The van der Waals surface area contributed by atoms with Crippen LogP contribution in [0.3, 0.4) is 0 Å². The van der Waals surface area contributed by atoms with Gasteiger partial charge in [-0.3, -0.25) is 0 Å². The Hall–Kier alpha value is -3.01. The van der Waals surface area contributed by atoms with E-state index in [2.05, 4.69) is 18.0 Å². The van der Waals surface area contributed by atoms with E-state index in [-0.39, 0.29) is 11.9 Å². The number of pyridine rings is 1. The molecule has 2 aromatic carbocycles. The Balaban J connectivity index is 1.70. The Morgan fingerprint density at radius 2 is 2.12 bits per heavy atom. The van der Waals surface area contributed by atoms with Crippen LogP contribution >= 0.6 is 0 Å². The van der Waals surface area contributed by atoms with Gasteiger partial charge in [-0.1, -0.05) is 18.2 Å². The first-order chi connectivity index (χ1) is 12.6. The van der Waals surface area contributed by atoms with Crippen molar-refractivity contribution in [3.05, 3.63) is 59.3 Å². The topological polar surface area (TPSA) is 51.6 Å². The average molecular weight is 347 g/mol. The van der Waals surface area contributed by atoms with E-state index < -0.39 is 0 Å². The van der Waals surface area contributed by atoms with Crippen molar-refractivity contribution in [3.8, 4) is 17.2 Å². The van der Waals surface area contributed by atoms with Crippen LogP contribution in [0.5, 0.6) is 17.2 Å². The molecule has 1 aliphatic heterocycles. The second-order valence-corrected chi connectivity index (χ2v) is 6.48. The highest BCUT2D eigenvalue weighted by atomic mass is 16.5. The molecule has 1 aliphatic rings. The summed E-state index contributed by atoms with van der Waals surface area (Å²) in [6.07, 6.45) is 5.01. The number of aromatic hydroxyl groups is 1. The lowest BCUT2D eigenvalue weighted by molar-refractivity contribution is 0.254.